The van der Waals surface area contributed by atoms with E-state index in [1.807, 2.05) is 18.2 Å². The van der Waals surface area contributed by atoms with Gasteiger partial charge >= 0.3 is 0 Å². The minimum absolute atomic E-state index is 0.359. The third-order valence-electron chi connectivity index (χ3n) is 1.92. The highest BCUT2D eigenvalue weighted by Gasteiger charge is 2.04. The fraction of sp³-hybridized carbons (Fsp3) is 0.455. The van der Waals surface area contributed by atoms with E-state index >= 15 is 0 Å². The molecule has 0 unspecified atom stereocenters. The van der Waals surface area contributed by atoms with Gasteiger partial charge in [-0.1, -0.05) is 22.0 Å². The van der Waals surface area contributed by atoms with E-state index in [1.165, 1.54) is 0 Å². The Labute approximate surface area is 97.5 Å². The molecule has 0 saturated carbocycles. The molecule has 0 heterocycles. The van der Waals surface area contributed by atoms with Gasteiger partial charge in [-0.05, 0) is 17.7 Å². The summed E-state index contributed by atoms with van der Waals surface area (Å²) in [5, 5.41) is 0.772. The zero-order valence-electron chi connectivity index (χ0n) is 8.63. The van der Waals surface area contributed by atoms with Crippen molar-refractivity contribution < 1.29 is 13.9 Å². The molecule has 0 aliphatic rings. The number of alkyl halides is 2. The highest BCUT2D eigenvalue weighted by atomic mass is 79.9. The monoisotopic (exact) mass is 276 g/mol. The van der Waals surface area contributed by atoms with Gasteiger partial charge in [0, 0.05) is 11.8 Å². The molecular formula is C11H14BrFO2. The van der Waals surface area contributed by atoms with E-state index in [0.29, 0.717) is 24.5 Å². The lowest BCUT2D eigenvalue weighted by Gasteiger charge is -2.10. The third kappa shape index (κ3) is 3.70. The maximum absolute atomic E-state index is 11.9. The highest BCUT2D eigenvalue weighted by Crippen LogP contribution is 2.28. The minimum Gasteiger partial charge on any atom is -0.493 e. The molecule has 2 nitrogen and oxygen atoms in total. The average molecular weight is 277 g/mol. The molecule has 0 atom stereocenters. The van der Waals surface area contributed by atoms with Crippen LogP contribution in [0.15, 0.2) is 18.2 Å². The Balaban J connectivity index is 2.69. The first-order valence-electron chi connectivity index (χ1n) is 4.73. The summed E-state index contributed by atoms with van der Waals surface area (Å²) < 4.78 is 22.4. The first kappa shape index (κ1) is 12.3. The lowest BCUT2D eigenvalue weighted by molar-refractivity contribution is 0.274. The van der Waals surface area contributed by atoms with Crippen LogP contribution in [-0.2, 0) is 5.33 Å². The Kier molecular flexibility index (Phi) is 5.47. The van der Waals surface area contributed by atoms with E-state index in [1.54, 1.807) is 7.11 Å². The molecule has 0 aliphatic heterocycles. The van der Waals surface area contributed by atoms with Crippen molar-refractivity contribution >= 4 is 15.9 Å². The summed E-state index contributed by atoms with van der Waals surface area (Å²) in [6, 6.07) is 5.69. The smallest absolute Gasteiger partial charge is 0.161 e. The van der Waals surface area contributed by atoms with Crippen LogP contribution in [0.2, 0.25) is 0 Å². The van der Waals surface area contributed by atoms with Crippen molar-refractivity contribution in [2.24, 2.45) is 0 Å². The molecular weight excluding hydrogens is 263 g/mol. The predicted molar refractivity (Wildman–Crippen MR) is 61.7 cm³/mol. The molecule has 1 aromatic carbocycles. The standard InChI is InChI=1S/C11H14BrFO2/c1-14-11-7-9(8-12)3-4-10(11)15-6-2-5-13/h3-4,7H,2,5-6,8H2,1H3. The van der Waals surface area contributed by atoms with Crippen molar-refractivity contribution in [2.75, 3.05) is 20.4 Å². The topological polar surface area (TPSA) is 18.5 Å². The lowest BCUT2D eigenvalue weighted by atomic mass is 10.2. The molecule has 0 aliphatic carbocycles. The number of ether oxygens (including phenoxy) is 2. The Morgan fingerprint density at radius 3 is 2.73 bits per heavy atom. The normalized spacial score (nSPS) is 10.1. The molecule has 0 amide bonds. The average Bonchev–Trinajstić information content (AvgIpc) is 2.29. The lowest BCUT2D eigenvalue weighted by Crippen LogP contribution is -2.00. The number of hydrogen-bond acceptors (Lipinski definition) is 2. The van der Waals surface area contributed by atoms with Gasteiger partial charge in [-0.3, -0.25) is 4.39 Å². The largest absolute Gasteiger partial charge is 0.493 e. The summed E-state index contributed by atoms with van der Waals surface area (Å²) in [6.45, 7) is 0.0162. The van der Waals surface area contributed by atoms with Gasteiger partial charge in [0.1, 0.15) is 0 Å². The molecule has 4 heteroatoms. The van der Waals surface area contributed by atoms with Crippen LogP contribution in [0.25, 0.3) is 0 Å². The van der Waals surface area contributed by atoms with Crippen LogP contribution in [0, 0.1) is 0 Å². The molecule has 1 aromatic rings. The number of hydrogen-bond donors (Lipinski definition) is 0. The molecule has 0 radical (unpaired) electrons. The van der Waals surface area contributed by atoms with Crippen LogP contribution in [0.1, 0.15) is 12.0 Å². The van der Waals surface area contributed by atoms with Crippen LogP contribution < -0.4 is 9.47 Å². The Hall–Kier alpha value is -0.770. The van der Waals surface area contributed by atoms with Gasteiger partial charge in [0.25, 0.3) is 0 Å². The van der Waals surface area contributed by atoms with Crippen molar-refractivity contribution in [3.8, 4) is 11.5 Å². The quantitative estimate of drug-likeness (QED) is 0.586. The molecule has 0 saturated heterocycles. The molecule has 0 bridgehead atoms. The molecule has 84 valence electrons. The summed E-state index contributed by atoms with van der Waals surface area (Å²) in [4.78, 5) is 0. The SMILES string of the molecule is COc1cc(CBr)ccc1OCCCF. The molecule has 0 fully saturated rings. The van der Waals surface area contributed by atoms with Crippen LogP contribution in [-0.4, -0.2) is 20.4 Å². The van der Waals surface area contributed by atoms with Crippen LogP contribution in [0.4, 0.5) is 4.39 Å². The summed E-state index contributed by atoms with van der Waals surface area (Å²) in [5.41, 5.74) is 1.12. The van der Waals surface area contributed by atoms with Gasteiger partial charge < -0.3 is 9.47 Å². The second kappa shape index (κ2) is 6.67. The first-order chi connectivity index (χ1) is 7.31. The van der Waals surface area contributed by atoms with Gasteiger partial charge in [0.15, 0.2) is 11.5 Å². The molecule has 0 aromatic heterocycles. The van der Waals surface area contributed by atoms with Crippen molar-refractivity contribution in [1.82, 2.24) is 0 Å². The van der Waals surface area contributed by atoms with E-state index in [2.05, 4.69) is 15.9 Å². The fourth-order valence-electron chi connectivity index (χ4n) is 1.15. The summed E-state index contributed by atoms with van der Waals surface area (Å²) in [7, 11) is 1.59. The molecule has 1 rings (SSSR count). The maximum atomic E-state index is 11.9. The van der Waals surface area contributed by atoms with E-state index in [9.17, 15) is 4.39 Å². The van der Waals surface area contributed by atoms with Gasteiger partial charge in [-0.15, -0.1) is 0 Å². The maximum Gasteiger partial charge on any atom is 0.161 e. The predicted octanol–water partition coefficient (Wildman–Crippen LogP) is 3.33. The first-order valence-corrected chi connectivity index (χ1v) is 5.85. The number of rotatable bonds is 6. The number of benzene rings is 1. The van der Waals surface area contributed by atoms with Gasteiger partial charge in [-0.25, -0.2) is 0 Å². The van der Waals surface area contributed by atoms with Crippen molar-refractivity contribution in [2.45, 2.75) is 11.8 Å². The van der Waals surface area contributed by atoms with E-state index in [0.717, 1.165) is 10.9 Å². The molecule has 0 spiro atoms. The number of methoxy groups -OCH3 is 1. The Morgan fingerprint density at radius 1 is 1.33 bits per heavy atom. The molecule has 15 heavy (non-hydrogen) atoms. The van der Waals surface area contributed by atoms with Crippen molar-refractivity contribution in [3.63, 3.8) is 0 Å². The summed E-state index contributed by atoms with van der Waals surface area (Å²) in [6.07, 6.45) is 0.406. The van der Waals surface area contributed by atoms with Crippen LogP contribution >= 0.6 is 15.9 Å². The summed E-state index contributed by atoms with van der Waals surface area (Å²) in [5.74, 6) is 1.35. The third-order valence-corrected chi connectivity index (χ3v) is 2.57. The van der Waals surface area contributed by atoms with Crippen LogP contribution in [0.5, 0.6) is 11.5 Å². The van der Waals surface area contributed by atoms with Crippen LogP contribution in [0.3, 0.4) is 0 Å². The second-order valence-corrected chi connectivity index (χ2v) is 3.57. The second-order valence-electron chi connectivity index (χ2n) is 3.01. The number of halogens is 2. The van der Waals surface area contributed by atoms with E-state index in [-0.39, 0.29) is 6.67 Å². The minimum atomic E-state index is -0.359. The van der Waals surface area contributed by atoms with Gasteiger partial charge in [0.2, 0.25) is 0 Å². The van der Waals surface area contributed by atoms with Crippen molar-refractivity contribution in [3.05, 3.63) is 23.8 Å². The fourth-order valence-corrected chi connectivity index (χ4v) is 1.50. The van der Waals surface area contributed by atoms with Gasteiger partial charge in [0.05, 0.1) is 20.4 Å². The zero-order chi connectivity index (χ0) is 11.1. The van der Waals surface area contributed by atoms with Crippen molar-refractivity contribution in [1.29, 1.82) is 0 Å². The summed E-state index contributed by atoms with van der Waals surface area (Å²) >= 11 is 3.36. The van der Waals surface area contributed by atoms with E-state index in [4.69, 9.17) is 9.47 Å². The highest BCUT2D eigenvalue weighted by molar-refractivity contribution is 9.08. The zero-order valence-corrected chi connectivity index (χ0v) is 10.2. The van der Waals surface area contributed by atoms with Gasteiger partial charge in [-0.2, -0.15) is 0 Å². The molecule has 0 N–H and O–H groups in total. The van der Waals surface area contributed by atoms with E-state index < -0.39 is 0 Å². The Morgan fingerprint density at radius 2 is 2.13 bits per heavy atom. The Bertz CT molecular complexity index is 305.